The Bertz CT molecular complexity index is 988. The van der Waals surface area contributed by atoms with E-state index in [9.17, 15) is 9.18 Å². The molecular weight excluding hydrogens is 393 g/mol. The van der Waals surface area contributed by atoms with E-state index in [0.717, 1.165) is 24.0 Å². The van der Waals surface area contributed by atoms with Crippen LogP contribution in [0.15, 0.2) is 54.9 Å². The van der Waals surface area contributed by atoms with Gasteiger partial charge < -0.3 is 9.64 Å². The summed E-state index contributed by atoms with van der Waals surface area (Å²) in [7, 11) is 0. The van der Waals surface area contributed by atoms with Gasteiger partial charge in [-0.3, -0.25) is 9.89 Å². The summed E-state index contributed by atoms with van der Waals surface area (Å²) < 4.78 is 19.2. The summed E-state index contributed by atoms with van der Waals surface area (Å²) in [4.78, 5) is 15.5. The fourth-order valence-electron chi connectivity index (χ4n) is 3.70. The Kier molecular flexibility index (Phi) is 7.82. The van der Waals surface area contributed by atoms with Gasteiger partial charge in [0.05, 0.1) is 12.8 Å². The third-order valence-corrected chi connectivity index (χ3v) is 5.41. The molecule has 164 valence electrons. The van der Waals surface area contributed by atoms with Crippen molar-refractivity contribution in [3.05, 3.63) is 71.8 Å². The van der Waals surface area contributed by atoms with Gasteiger partial charge in [-0.2, -0.15) is 5.10 Å². The molecule has 1 N–H and O–H groups in total. The van der Waals surface area contributed by atoms with Gasteiger partial charge in [-0.1, -0.05) is 31.5 Å². The van der Waals surface area contributed by atoms with Crippen LogP contribution in [0.2, 0.25) is 0 Å². The van der Waals surface area contributed by atoms with Crippen molar-refractivity contribution in [3.63, 3.8) is 0 Å². The SMILES string of the molecule is CCCC(C)N(CCCOc1ccc(F)c(C)c1)C(=O)c1ccccc1-c1cn[nH]c1. The second kappa shape index (κ2) is 10.8. The Morgan fingerprint density at radius 1 is 1.26 bits per heavy atom. The first-order valence-electron chi connectivity index (χ1n) is 10.8. The highest BCUT2D eigenvalue weighted by molar-refractivity contribution is 6.00. The predicted octanol–water partition coefficient (Wildman–Crippen LogP) is 5.62. The first-order valence-corrected chi connectivity index (χ1v) is 10.8. The first kappa shape index (κ1) is 22.5. The molecule has 2 aromatic carbocycles. The van der Waals surface area contributed by atoms with Crippen LogP contribution in [-0.2, 0) is 0 Å². The number of hydrogen-bond donors (Lipinski definition) is 1. The smallest absolute Gasteiger partial charge is 0.254 e. The summed E-state index contributed by atoms with van der Waals surface area (Å²) in [5.41, 5.74) is 2.98. The summed E-state index contributed by atoms with van der Waals surface area (Å²) in [5.74, 6) is 0.410. The molecule has 0 radical (unpaired) electrons. The summed E-state index contributed by atoms with van der Waals surface area (Å²) >= 11 is 0. The number of aromatic amines is 1. The number of ether oxygens (including phenoxy) is 1. The molecule has 31 heavy (non-hydrogen) atoms. The number of nitrogens with zero attached hydrogens (tertiary/aromatic N) is 2. The molecule has 0 saturated carbocycles. The van der Waals surface area contributed by atoms with E-state index < -0.39 is 0 Å². The molecular formula is C25H30FN3O2. The molecule has 3 rings (SSSR count). The molecule has 6 heteroatoms. The molecule has 5 nitrogen and oxygen atoms in total. The molecule has 0 spiro atoms. The summed E-state index contributed by atoms with van der Waals surface area (Å²) in [6, 6.07) is 12.5. The number of rotatable bonds is 10. The topological polar surface area (TPSA) is 58.2 Å². The second-order valence-corrected chi connectivity index (χ2v) is 7.78. The normalized spacial score (nSPS) is 11.9. The van der Waals surface area contributed by atoms with Gasteiger partial charge in [0.25, 0.3) is 5.91 Å². The minimum absolute atomic E-state index is 0.00961. The molecule has 0 aliphatic heterocycles. The van der Waals surface area contributed by atoms with E-state index in [4.69, 9.17) is 4.74 Å². The molecule has 1 aromatic heterocycles. The quantitative estimate of drug-likeness (QED) is 0.430. The van der Waals surface area contributed by atoms with E-state index in [1.54, 1.807) is 31.5 Å². The number of halogens is 1. The summed E-state index contributed by atoms with van der Waals surface area (Å²) in [5, 5.41) is 6.84. The summed E-state index contributed by atoms with van der Waals surface area (Å²) in [6.07, 6.45) is 6.14. The number of hydrogen-bond acceptors (Lipinski definition) is 3. The molecule has 0 aliphatic carbocycles. The molecule has 0 aliphatic rings. The average molecular weight is 424 g/mol. The van der Waals surface area contributed by atoms with Crippen molar-refractivity contribution in [2.75, 3.05) is 13.2 Å². The Morgan fingerprint density at radius 3 is 2.77 bits per heavy atom. The predicted molar refractivity (Wildman–Crippen MR) is 121 cm³/mol. The van der Waals surface area contributed by atoms with E-state index in [1.165, 1.54) is 6.07 Å². The minimum atomic E-state index is -0.242. The van der Waals surface area contributed by atoms with Gasteiger partial charge in [-0.05, 0) is 62.1 Å². The highest BCUT2D eigenvalue weighted by atomic mass is 19.1. The zero-order valence-corrected chi connectivity index (χ0v) is 18.4. The van der Waals surface area contributed by atoms with E-state index in [0.29, 0.717) is 36.4 Å². The Labute approximate surface area is 183 Å². The largest absolute Gasteiger partial charge is 0.494 e. The summed E-state index contributed by atoms with van der Waals surface area (Å²) in [6.45, 7) is 6.97. The van der Waals surface area contributed by atoms with Crippen molar-refractivity contribution in [1.29, 1.82) is 0 Å². The van der Waals surface area contributed by atoms with Crippen LogP contribution in [0.4, 0.5) is 4.39 Å². The highest BCUT2D eigenvalue weighted by Crippen LogP contribution is 2.25. The number of H-pyrrole nitrogens is 1. The molecule has 3 aromatic rings. The zero-order valence-electron chi connectivity index (χ0n) is 18.4. The lowest BCUT2D eigenvalue weighted by atomic mass is 10.0. The van der Waals surface area contributed by atoms with Crippen molar-refractivity contribution in [3.8, 4) is 16.9 Å². The van der Waals surface area contributed by atoms with Crippen molar-refractivity contribution < 1.29 is 13.9 Å². The first-order chi connectivity index (χ1) is 15.0. The van der Waals surface area contributed by atoms with Gasteiger partial charge in [-0.15, -0.1) is 0 Å². The highest BCUT2D eigenvalue weighted by Gasteiger charge is 2.23. The van der Waals surface area contributed by atoms with Gasteiger partial charge in [0.1, 0.15) is 11.6 Å². The Hall–Kier alpha value is -3.15. The molecule has 0 saturated heterocycles. The lowest BCUT2D eigenvalue weighted by Crippen LogP contribution is -2.40. The number of nitrogens with one attached hydrogen (secondary N) is 1. The van der Waals surface area contributed by atoms with Gasteiger partial charge in [-0.25, -0.2) is 4.39 Å². The Balaban J connectivity index is 1.71. The van der Waals surface area contributed by atoms with Crippen LogP contribution >= 0.6 is 0 Å². The van der Waals surface area contributed by atoms with Gasteiger partial charge in [0.15, 0.2) is 0 Å². The van der Waals surface area contributed by atoms with Crippen molar-refractivity contribution in [2.45, 2.75) is 46.1 Å². The Morgan fingerprint density at radius 2 is 2.06 bits per heavy atom. The van der Waals surface area contributed by atoms with E-state index in [-0.39, 0.29) is 17.8 Å². The number of benzene rings is 2. The number of aromatic nitrogens is 2. The lowest BCUT2D eigenvalue weighted by Gasteiger charge is -2.30. The monoisotopic (exact) mass is 423 g/mol. The van der Waals surface area contributed by atoms with Gasteiger partial charge >= 0.3 is 0 Å². The van der Waals surface area contributed by atoms with Crippen molar-refractivity contribution >= 4 is 5.91 Å². The molecule has 1 heterocycles. The molecule has 1 unspecified atom stereocenters. The minimum Gasteiger partial charge on any atom is -0.494 e. The standard InChI is InChI=1S/C25H30FN3O2/c1-4-8-19(3)29(13-7-14-31-21-11-12-24(26)18(2)15-21)25(30)23-10-6-5-9-22(23)20-16-27-28-17-20/h5-6,9-12,15-17,19H,4,7-8,13-14H2,1-3H3,(H,27,28). The zero-order chi connectivity index (χ0) is 22.2. The number of aryl methyl sites for hydroxylation is 1. The van der Waals surface area contributed by atoms with Crippen molar-refractivity contribution in [2.24, 2.45) is 0 Å². The fraction of sp³-hybridized carbons (Fsp3) is 0.360. The maximum absolute atomic E-state index is 13.5. The number of carbonyl (C=O) groups is 1. The van der Waals surface area contributed by atoms with Gasteiger partial charge in [0.2, 0.25) is 0 Å². The van der Waals surface area contributed by atoms with E-state index in [1.807, 2.05) is 29.2 Å². The van der Waals surface area contributed by atoms with Crippen LogP contribution in [-0.4, -0.2) is 40.2 Å². The number of carbonyl (C=O) groups excluding carboxylic acids is 1. The second-order valence-electron chi connectivity index (χ2n) is 7.78. The molecule has 0 bridgehead atoms. The van der Waals surface area contributed by atoms with Crippen LogP contribution in [0.25, 0.3) is 11.1 Å². The number of amides is 1. The van der Waals surface area contributed by atoms with E-state index >= 15 is 0 Å². The van der Waals surface area contributed by atoms with Crippen LogP contribution in [0.1, 0.15) is 49.0 Å². The lowest BCUT2D eigenvalue weighted by molar-refractivity contribution is 0.0673. The maximum Gasteiger partial charge on any atom is 0.254 e. The molecule has 1 amide bonds. The third kappa shape index (κ3) is 5.72. The van der Waals surface area contributed by atoms with E-state index in [2.05, 4.69) is 24.0 Å². The third-order valence-electron chi connectivity index (χ3n) is 5.41. The van der Waals surface area contributed by atoms with Gasteiger partial charge in [0, 0.05) is 29.9 Å². The average Bonchev–Trinajstić information content (AvgIpc) is 3.31. The molecule has 1 atom stereocenters. The van der Waals surface area contributed by atoms with Crippen LogP contribution in [0.5, 0.6) is 5.75 Å². The maximum atomic E-state index is 13.5. The van der Waals surface area contributed by atoms with Crippen LogP contribution in [0, 0.1) is 12.7 Å². The fourth-order valence-corrected chi connectivity index (χ4v) is 3.70. The van der Waals surface area contributed by atoms with Crippen LogP contribution < -0.4 is 4.74 Å². The molecule has 0 fully saturated rings. The van der Waals surface area contributed by atoms with Crippen LogP contribution in [0.3, 0.4) is 0 Å². The van der Waals surface area contributed by atoms with Crippen molar-refractivity contribution in [1.82, 2.24) is 15.1 Å².